The summed E-state index contributed by atoms with van der Waals surface area (Å²) in [7, 11) is 1.68. The van der Waals surface area contributed by atoms with E-state index in [1.807, 2.05) is 25.1 Å². The third kappa shape index (κ3) is 6.69. The Labute approximate surface area is 225 Å². The Balaban J connectivity index is 1.53. The van der Waals surface area contributed by atoms with Crippen LogP contribution < -0.4 is 10.6 Å². The monoisotopic (exact) mass is 538 g/mol. The van der Waals surface area contributed by atoms with E-state index in [1.165, 1.54) is 0 Å². The highest BCUT2D eigenvalue weighted by molar-refractivity contribution is 5.94. The molecule has 206 valence electrons. The van der Waals surface area contributed by atoms with E-state index < -0.39 is 54.8 Å². The average Bonchev–Trinajstić information content (AvgIpc) is 3.49. The number of hydrogen-bond acceptors (Lipinski definition) is 4. The fourth-order valence-electron chi connectivity index (χ4n) is 4.78. The van der Waals surface area contributed by atoms with Crippen LogP contribution in [0.1, 0.15) is 33.6 Å². The molecule has 8 nitrogen and oxygen atoms in total. The summed E-state index contributed by atoms with van der Waals surface area (Å²) in [6.45, 7) is 0.977. The molecule has 2 aromatic carbocycles. The van der Waals surface area contributed by atoms with E-state index in [1.54, 1.807) is 66.3 Å². The molecule has 2 heterocycles. The maximum absolute atomic E-state index is 14.5. The summed E-state index contributed by atoms with van der Waals surface area (Å²) in [6, 6.07) is 16.9. The third-order valence-corrected chi connectivity index (χ3v) is 7.00. The molecule has 10 heteroatoms. The van der Waals surface area contributed by atoms with Crippen molar-refractivity contribution in [3.8, 4) is 0 Å². The predicted molar refractivity (Wildman–Crippen MR) is 141 cm³/mol. The van der Waals surface area contributed by atoms with Gasteiger partial charge >= 0.3 is 0 Å². The van der Waals surface area contributed by atoms with Crippen molar-refractivity contribution < 1.29 is 28.3 Å². The minimum Gasteiger partial charge on any atom is -0.381 e. The molecule has 1 aliphatic rings. The number of nitrogens with one attached hydrogen (secondary N) is 2. The van der Waals surface area contributed by atoms with Crippen LogP contribution in [0.3, 0.4) is 0 Å². The Morgan fingerprint density at radius 2 is 1.74 bits per heavy atom. The van der Waals surface area contributed by atoms with Gasteiger partial charge in [0.05, 0.1) is 12.6 Å². The molecule has 39 heavy (non-hydrogen) atoms. The lowest BCUT2D eigenvalue weighted by molar-refractivity contribution is -0.147. The van der Waals surface area contributed by atoms with Crippen LogP contribution in [0.15, 0.2) is 72.9 Å². The number of aliphatic hydroxyl groups is 1. The summed E-state index contributed by atoms with van der Waals surface area (Å²) < 4.78 is 30.6. The predicted octanol–water partition coefficient (Wildman–Crippen LogP) is 2.59. The number of amides is 3. The van der Waals surface area contributed by atoms with Crippen LogP contribution in [-0.4, -0.2) is 63.0 Å². The van der Waals surface area contributed by atoms with Gasteiger partial charge in [0.25, 0.3) is 17.7 Å². The smallest absolute Gasteiger partial charge is 0.268 e. The second kappa shape index (κ2) is 11.8. The van der Waals surface area contributed by atoms with Crippen molar-refractivity contribution in [3.05, 3.63) is 95.3 Å². The van der Waals surface area contributed by atoms with Crippen LogP contribution in [0.5, 0.6) is 0 Å². The lowest BCUT2D eigenvalue weighted by Gasteiger charge is -2.30. The number of carbonyl (C=O) groups is 3. The molecule has 0 spiro atoms. The number of alkyl halides is 2. The molecule has 1 fully saturated rings. The number of aliphatic hydroxyl groups excluding tert-OH is 1. The van der Waals surface area contributed by atoms with E-state index in [-0.39, 0.29) is 13.0 Å². The maximum Gasteiger partial charge on any atom is 0.268 e. The maximum atomic E-state index is 14.5. The summed E-state index contributed by atoms with van der Waals surface area (Å²) in [5.74, 6) is -5.62. The summed E-state index contributed by atoms with van der Waals surface area (Å²) >= 11 is 0. The number of nitrogens with zero attached hydrogens (tertiary/aromatic N) is 2. The first kappa shape index (κ1) is 28.0. The van der Waals surface area contributed by atoms with Crippen LogP contribution >= 0.6 is 0 Å². The van der Waals surface area contributed by atoms with Gasteiger partial charge in [0, 0.05) is 26.2 Å². The molecule has 0 saturated carbocycles. The molecule has 1 saturated heterocycles. The zero-order valence-electron chi connectivity index (χ0n) is 21.8. The topological polar surface area (TPSA) is 104 Å². The summed E-state index contributed by atoms with van der Waals surface area (Å²) in [6.07, 6.45) is -0.979. The van der Waals surface area contributed by atoms with Gasteiger partial charge in [-0.15, -0.1) is 0 Å². The molecular formula is C29H32F2N4O4. The SMILES string of the molecule is Cc1ccccc1CNC(=O)[C@@H]1CC(F)(F)CN1C(=O)[C@@H](O)[C@H](Cc1ccccc1)NC(=O)c1cccn1C. The molecule has 0 radical (unpaired) electrons. The van der Waals surface area contributed by atoms with Gasteiger partial charge in [0.1, 0.15) is 11.7 Å². The lowest BCUT2D eigenvalue weighted by Crippen LogP contribution is -2.56. The molecule has 0 unspecified atom stereocenters. The Kier molecular flexibility index (Phi) is 8.44. The largest absolute Gasteiger partial charge is 0.381 e. The molecule has 0 aliphatic carbocycles. The molecule has 0 bridgehead atoms. The minimum atomic E-state index is -3.30. The first-order chi connectivity index (χ1) is 18.6. The van der Waals surface area contributed by atoms with E-state index in [9.17, 15) is 28.3 Å². The lowest BCUT2D eigenvalue weighted by atomic mass is 9.99. The quantitative estimate of drug-likeness (QED) is 0.390. The van der Waals surface area contributed by atoms with Gasteiger partial charge < -0.3 is 25.2 Å². The van der Waals surface area contributed by atoms with Crippen molar-refractivity contribution in [2.75, 3.05) is 6.54 Å². The third-order valence-electron chi connectivity index (χ3n) is 7.00. The Morgan fingerprint density at radius 3 is 2.41 bits per heavy atom. The van der Waals surface area contributed by atoms with Crippen LogP contribution in [0.4, 0.5) is 8.78 Å². The van der Waals surface area contributed by atoms with Gasteiger partial charge in [0.2, 0.25) is 5.91 Å². The second-order valence-electron chi connectivity index (χ2n) is 9.91. The second-order valence-corrected chi connectivity index (χ2v) is 9.91. The molecule has 1 aliphatic heterocycles. The normalized spacial score (nSPS) is 17.9. The van der Waals surface area contributed by atoms with E-state index in [2.05, 4.69) is 10.6 Å². The van der Waals surface area contributed by atoms with Crippen molar-refractivity contribution in [3.63, 3.8) is 0 Å². The standard InChI is InChI=1S/C29H32F2N4O4/c1-19-9-6-7-12-21(19)17-32-26(37)24-16-29(30,31)18-35(24)28(39)25(36)22(15-20-10-4-3-5-11-20)33-27(38)23-13-8-14-34(23)2/h3-14,22,24-25,36H,15-18H2,1-2H3,(H,32,37)(H,33,38)/t22-,24-,25-/m0/s1. The number of aryl methyl sites for hydroxylation is 2. The van der Waals surface area contributed by atoms with Gasteiger partial charge in [-0.25, -0.2) is 8.78 Å². The number of hydrogen-bond donors (Lipinski definition) is 3. The van der Waals surface area contributed by atoms with Crippen LogP contribution in [0.25, 0.3) is 0 Å². The highest BCUT2D eigenvalue weighted by atomic mass is 19.3. The van der Waals surface area contributed by atoms with Gasteiger partial charge in [-0.05, 0) is 42.2 Å². The Bertz CT molecular complexity index is 1330. The number of halogens is 2. The van der Waals surface area contributed by atoms with Crippen LogP contribution in [-0.2, 0) is 29.6 Å². The highest BCUT2D eigenvalue weighted by Crippen LogP contribution is 2.33. The average molecular weight is 539 g/mol. The summed E-state index contributed by atoms with van der Waals surface area (Å²) in [5, 5.41) is 16.5. The fourth-order valence-corrected chi connectivity index (χ4v) is 4.78. The molecule has 3 N–H and O–H groups in total. The summed E-state index contributed by atoms with van der Waals surface area (Å²) in [4.78, 5) is 40.1. The molecule has 4 rings (SSSR count). The summed E-state index contributed by atoms with van der Waals surface area (Å²) in [5.41, 5.74) is 2.77. The van der Waals surface area contributed by atoms with Crippen molar-refractivity contribution in [1.29, 1.82) is 0 Å². The fraction of sp³-hybridized carbons (Fsp3) is 0.345. The Morgan fingerprint density at radius 1 is 1.05 bits per heavy atom. The number of benzene rings is 2. The number of aromatic nitrogens is 1. The van der Waals surface area contributed by atoms with E-state index in [0.717, 1.165) is 21.6 Å². The number of carbonyl (C=O) groups excluding carboxylic acids is 3. The van der Waals surface area contributed by atoms with Crippen molar-refractivity contribution >= 4 is 17.7 Å². The minimum absolute atomic E-state index is 0.0677. The van der Waals surface area contributed by atoms with E-state index in [4.69, 9.17) is 0 Å². The highest BCUT2D eigenvalue weighted by Gasteiger charge is 2.51. The molecule has 3 amide bonds. The zero-order chi connectivity index (χ0) is 28.2. The van der Waals surface area contributed by atoms with Crippen LogP contribution in [0.2, 0.25) is 0 Å². The van der Waals surface area contributed by atoms with Gasteiger partial charge in [-0.1, -0.05) is 54.6 Å². The number of likely N-dealkylation sites (tertiary alicyclic amines) is 1. The molecule has 3 aromatic rings. The molecule has 3 atom stereocenters. The van der Waals surface area contributed by atoms with Crippen molar-refractivity contribution in [2.24, 2.45) is 7.05 Å². The Hall–Kier alpha value is -4.05. The number of rotatable bonds is 9. The van der Waals surface area contributed by atoms with Crippen molar-refractivity contribution in [2.45, 2.75) is 50.4 Å². The van der Waals surface area contributed by atoms with Gasteiger partial charge in [-0.3, -0.25) is 14.4 Å². The molecular weight excluding hydrogens is 506 g/mol. The zero-order valence-corrected chi connectivity index (χ0v) is 21.8. The first-order valence-electron chi connectivity index (χ1n) is 12.7. The first-order valence-corrected chi connectivity index (χ1v) is 12.7. The van der Waals surface area contributed by atoms with E-state index >= 15 is 0 Å². The van der Waals surface area contributed by atoms with Gasteiger partial charge in [0.15, 0.2) is 6.10 Å². The van der Waals surface area contributed by atoms with Gasteiger partial charge in [-0.2, -0.15) is 0 Å². The van der Waals surface area contributed by atoms with E-state index in [0.29, 0.717) is 5.69 Å². The van der Waals surface area contributed by atoms with Crippen LogP contribution in [0, 0.1) is 6.92 Å². The molecule has 1 aromatic heterocycles. The van der Waals surface area contributed by atoms with Crippen molar-refractivity contribution in [1.82, 2.24) is 20.1 Å².